The Balaban J connectivity index is 0.00000147. The lowest BCUT2D eigenvalue weighted by Gasteiger charge is -2.27. The van der Waals surface area contributed by atoms with Crippen LogP contribution in [0.4, 0.5) is 0 Å². The number of rotatable bonds is 13. The van der Waals surface area contributed by atoms with E-state index in [4.69, 9.17) is 28.5 Å². The summed E-state index contributed by atoms with van der Waals surface area (Å²) in [5, 5.41) is 2.00. The monoisotopic (exact) mass is 582 g/mol. The zero-order chi connectivity index (χ0) is 29.6. The van der Waals surface area contributed by atoms with Gasteiger partial charge in [-0.2, -0.15) is 0 Å². The summed E-state index contributed by atoms with van der Waals surface area (Å²) in [6, 6.07) is 8.00. The number of ether oxygens (including phenoxy) is 5. The molecule has 1 aliphatic rings. The van der Waals surface area contributed by atoms with Crippen molar-refractivity contribution in [3.05, 3.63) is 64.5 Å². The van der Waals surface area contributed by atoms with Crippen molar-refractivity contribution in [2.75, 3.05) is 27.4 Å². The average molecular weight is 583 g/mol. The summed E-state index contributed by atoms with van der Waals surface area (Å²) in [4.78, 5) is 25.1. The number of hydrogen-bond donors (Lipinski definition) is 1. The fourth-order valence-electron chi connectivity index (χ4n) is 4.70. The highest BCUT2D eigenvalue weighted by molar-refractivity contribution is 7.07. The molecule has 3 aromatic rings. The van der Waals surface area contributed by atoms with Crippen molar-refractivity contribution in [3.63, 3.8) is 0 Å². The van der Waals surface area contributed by atoms with E-state index in [0.717, 1.165) is 70.2 Å². The van der Waals surface area contributed by atoms with Crippen LogP contribution in [0.5, 0.6) is 23.0 Å². The van der Waals surface area contributed by atoms with Crippen molar-refractivity contribution in [3.8, 4) is 34.3 Å². The van der Waals surface area contributed by atoms with E-state index in [2.05, 4.69) is 24.2 Å². The lowest BCUT2D eigenvalue weighted by molar-refractivity contribution is -0.149. The molecule has 2 N–H and O–H groups in total. The van der Waals surface area contributed by atoms with Crippen LogP contribution in [0.15, 0.2) is 47.8 Å². The van der Waals surface area contributed by atoms with E-state index >= 15 is 0 Å². The minimum absolute atomic E-state index is 0.250. The van der Waals surface area contributed by atoms with E-state index in [-0.39, 0.29) is 12.4 Å². The molecule has 0 fully saturated rings. The van der Waals surface area contributed by atoms with Crippen LogP contribution < -0.4 is 24.7 Å². The topological polar surface area (TPSA) is 119 Å². The predicted molar refractivity (Wildman–Crippen MR) is 159 cm³/mol. The Kier molecular flexibility index (Phi) is 12.5. The lowest BCUT2D eigenvalue weighted by atomic mass is 9.96. The summed E-state index contributed by atoms with van der Waals surface area (Å²) in [6.07, 6.45) is 5.97. The number of esters is 1. The summed E-state index contributed by atoms with van der Waals surface area (Å²) in [7, 11) is 3.06. The lowest BCUT2D eigenvalue weighted by Crippen LogP contribution is -2.32. The highest BCUT2D eigenvalue weighted by atomic mass is 32.1. The Bertz CT molecular complexity index is 1290. The van der Waals surface area contributed by atoms with Gasteiger partial charge in [0, 0.05) is 28.5 Å². The fourth-order valence-corrected chi connectivity index (χ4v) is 5.25. The molecule has 10 heteroatoms. The van der Waals surface area contributed by atoms with Gasteiger partial charge in [0.2, 0.25) is 6.41 Å². The van der Waals surface area contributed by atoms with Gasteiger partial charge in [-0.05, 0) is 49.4 Å². The summed E-state index contributed by atoms with van der Waals surface area (Å²) >= 11 is 1.55. The van der Waals surface area contributed by atoms with E-state index < -0.39 is 6.10 Å². The minimum atomic E-state index is -0.574. The van der Waals surface area contributed by atoms with Crippen LogP contribution in [0, 0.1) is 0 Å². The maximum absolute atomic E-state index is 12.1. The van der Waals surface area contributed by atoms with Gasteiger partial charge in [-0.15, -0.1) is 17.9 Å². The van der Waals surface area contributed by atoms with E-state index in [1.54, 1.807) is 18.4 Å². The third kappa shape index (κ3) is 8.00. The summed E-state index contributed by atoms with van der Waals surface area (Å²) in [5.74, 6) is 2.74. The molecule has 0 spiro atoms. The van der Waals surface area contributed by atoms with E-state index in [1.165, 1.54) is 7.11 Å². The van der Waals surface area contributed by atoms with Crippen LogP contribution in [-0.2, 0) is 33.6 Å². The molecule has 9 nitrogen and oxygen atoms in total. The summed E-state index contributed by atoms with van der Waals surface area (Å²) in [5.41, 5.74) is 10.9. The molecule has 0 aliphatic carbocycles. The molecule has 1 amide bonds. The number of thiazole rings is 1. The number of methoxy groups -OCH3 is 2. The van der Waals surface area contributed by atoms with Gasteiger partial charge in [0.1, 0.15) is 23.0 Å². The highest BCUT2D eigenvalue weighted by Gasteiger charge is 2.29. The Morgan fingerprint density at radius 1 is 1.17 bits per heavy atom. The van der Waals surface area contributed by atoms with Crippen molar-refractivity contribution in [2.24, 2.45) is 5.73 Å². The largest absolute Gasteiger partial charge is 0.496 e. The number of primary amides is 1. The van der Waals surface area contributed by atoms with Crippen molar-refractivity contribution >= 4 is 23.7 Å². The molecule has 0 saturated heterocycles. The molecule has 220 valence electrons. The number of aryl methyl sites for hydroxylation is 1. The molecule has 2 aromatic carbocycles. The first-order valence-electron chi connectivity index (χ1n) is 13.5. The number of carbonyl (C=O) groups excluding carboxylic acids is 2. The zero-order valence-corrected chi connectivity index (χ0v) is 24.7. The molecule has 1 unspecified atom stereocenters. The first-order chi connectivity index (χ1) is 20.0. The normalized spacial score (nSPS) is 13.5. The Labute approximate surface area is 245 Å². The van der Waals surface area contributed by atoms with Crippen molar-refractivity contribution in [1.82, 2.24) is 4.98 Å². The summed E-state index contributed by atoms with van der Waals surface area (Å²) in [6.45, 7) is 6.99. The second-order valence-corrected chi connectivity index (χ2v) is 9.84. The molecule has 1 atom stereocenters. The van der Waals surface area contributed by atoms with Crippen molar-refractivity contribution in [1.29, 1.82) is 0 Å². The zero-order valence-electron chi connectivity index (χ0n) is 23.9. The number of fused-ring (bicyclic) bond motifs is 1. The number of allylic oxidation sites excluding steroid dienone is 1. The van der Waals surface area contributed by atoms with Crippen LogP contribution in [-0.4, -0.2) is 50.9 Å². The van der Waals surface area contributed by atoms with Crippen LogP contribution >= 0.6 is 11.3 Å². The minimum Gasteiger partial charge on any atom is -0.496 e. The molecule has 0 radical (unpaired) electrons. The molecular formula is C31H38N2O7S. The van der Waals surface area contributed by atoms with Gasteiger partial charge in [0.25, 0.3) is 0 Å². The first kappa shape index (κ1) is 31.5. The number of benzene rings is 2. The fraction of sp³-hybridized carbons (Fsp3) is 0.387. The number of amides is 1. The SMILES string of the molecule is C=CCc1c(OCCCOc2ccc3c(c2CCC)OC(C(=O)OC)CC3)ccc(-c2cscn2)c1OC.NC=O. The van der Waals surface area contributed by atoms with E-state index in [1.807, 2.05) is 41.2 Å². The molecule has 1 aliphatic heterocycles. The second kappa shape index (κ2) is 16.3. The van der Waals surface area contributed by atoms with Gasteiger partial charge in [-0.3, -0.25) is 4.79 Å². The van der Waals surface area contributed by atoms with Crippen LogP contribution in [0.1, 0.15) is 42.9 Å². The first-order valence-corrected chi connectivity index (χ1v) is 14.5. The third-order valence-electron chi connectivity index (χ3n) is 6.48. The molecule has 2 heterocycles. The number of nitrogens with zero attached hydrogens (tertiary/aromatic N) is 1. The van der Waals surface area contributed by atoms with Crippen molar-refractivity contribution < 1.29 is 33.3 Å². The molecule has 0 bridgehead atoms. The highest BCUT2D eigenvalue weighted by Crippen LogP contribution is 2.40. The molecule has 41 heavy (non-hydrogen) atoms. The van der Waals surface area contributed by atoms with E-state index in [0.29, 0.717) is 32.5 Å². The quantitative estimate of drug-likeness (QED) is 0.125. The Morgan fingerprint density at radius 3 is 2.49 bits per heavy atom. The van der Waals surface area contributed by atoms with Gasteiger partial charge in [0.05, 0.1) is 38.6 Å². The predicted octanol–water partition coefficient (Wildman–Crippen LogP) is 5.32. The van der Waals surface area contributed by atoms with Crippen LogP contribution in [0.3, 0.4) is 0 Å². The number of carbonyl (C=O) groups is 2. The van der Waals surface area contributed by atoms with E-state index in [9.17, 15) is 4.79 Å². The van der Waals surface area contributed by atoms with Crippen molar-refractivity contribution in [2.45, 2.75) is 51.6 Å². The standard InChI is InChI=1S/C30H35NO6S.CH3NO/c1-5-8-22-25(13-10-20-11-14-27(30(32)34-4)37-28(20)22)35-16-7-17-36-26-15-12-21(24-18-38-19-31-24)29(33-3)23(26)9-6-2;2-1-3/h6,10,12-13,15,18-19,27H,2,5,7-9,11,14,16-17H2,1,3-4H3;1H,(H2,2,3). The van der Waals surface area contributed by atoms with Gasteiger partial charge in [-0.25, -0.2) is 9.78 Å². The second-order valence-electron chi connectivity index (χ2n) is 9.12. The molecule has 1 aromatic heterocycles. The Hall–Kier alpha value is -4.05. The van der Waals surface area contributed by atoms with Crippen LogP contribution in [0.2, 0.25) is 0 Å². The molecular weight excluding hydrogens is 544 g/mol. The molecule has 4 rings (SSSR count). The number of aromatic nitrogens is 1. The maximum atomic E-state index is 12.1. The number of nitrogens with two attached hydrogens (primary N) is 1. The van der Waals surface area contributed by atoms with Crippen LogP contribution in [0.25, 0.3) is 11.3 Å². The maximum Gasteiger partial charge on any atom is 0.347 e. The van der Waals surface area contributed by atoms with Gasteiger partial charge >= 0.3 is 5.97 Å². The van der Waals surface area contributed by atoms with Gasteiger partial charge < -0.3 is 29.4 Å². The van der Waals surface area contributed by atoms with Gasteiger partial charge in [0.15, 0.2) is 6.10 Å². The average Bonchev–Trinajstić information content (AvgIpc) is 3.53. The molecule has 0 saturated carbocycles. The summed E-state index contributed by atoms with van der Waals surface area (Å²) < 4.78 is 29.1. The third-order valence-corrected chi connectivity index (χ3v) is 7.07. The smallest absolute Gasteiger partial charge is 0.347 e. The number of hydrogen-bond acceptors (Lipinski definition) is 9. The Morgan fingerprint density at radius 2 is 1.88 bits per heavy atom. The van der Waals surface area contributed by atoms with Gasteiger partial charge in [-0.1, -0.05) is 25.5 Å².